The third-order valence-corrected chi connectivity index (χ3v) is 3.95. The summed E-state index contributed by atoms with van der Waals surface area (Å²) in [4.78, 5) is 26.0. The van der Waals surface area contributed by atoms with Crippen LogP contribution in [0, 0.1) is 20.8 Å². The number of aryl methyl sites for hydroxylation is 3. The highest BCUT2D eigenvalue weighted by Gasteiger charge is 2.18. The van der Waals surface area contributed by atoms with Crippen LogP contribution in [0.15, 0.2) is 36.4 Å². The summed E-state index contributed by atoms with van der Waals surface area (Å²) in [5, 5.41) is 2.83. The van der Waals surface area contributed by atoms with Gasteiger partial charge >= 0.3 is 0 Å². The molecule has 0 aliphatic rings. The van der Waals surface area contributed by atoms with Gasteiger partial charge in [-0.2, -0.15) is 0 Å². The van der Waals surface area contributed by atoms with Crippen molar-refractivity contribution in [3.8, 4) is 5.75 Å². The molecule has 0 unspecified atom stereocenters. The van der Waals surface area contributed by atoms with Crippen LogP contribution in [-0.2, 0) is 9.59 Å². The van der Waals surface area contributed by atoms with Crippen molar-refractivity contribution in [2.75, 3.05) is 23.9 Å². The summed E-state index contributed by atoms with van der Waals surface area (Å²) in [6.07, 6.45) is 0. The second-order valence-electron chi connectivity index (χ2n) is 6.15. The van der Waals surface area contributed by atoms with Crippen LogP contribution in [0.2, 0.25) is 0 Å². The lowest BCUT2D eigenvalue weighted by Crippen LogP contribution is -2.37. The number of anilines is 2. The smallest absolute Gasteiger partial charge is 0.244 e. The van der Waals surface area contributed by atoms with Crippen LogP contribution in [0.5, 0.6) is 5.75 Å². The Kier molecular flexibility index (Phi) is 5.80. The van der Waals surface area contributed by atoms with Crippen LogP contribution in [0.3, 0.4) is 0 Å². The minimum atomic E-state index is -0.279. The Bertz CT molecular complexity index is 800. The second-order valence-corrected chi connectivity index (χ2v) is 6.15. The Balaban J connectivity index is 2.21. The number of methoxy groups -OCH3 is 1. The molecule has 0 atom stereocenters. The molecular formula is C20H24N2O3. The predicted octanol–water partition coefficient (Wildman–Crippen LogP) is 3.61. The molecule has 0 aromatic heterocycles. The van der Waals surface area contributed by atoms with Gasteiger partial charge in [0.25, 0.3) is 0 Å². The fourth-order valence-electron chi connectivity index (χ4n) is 2.73. The van der Waals surface area contributed by atoms with Crippen LogP contribution in [0.25, 0.3) is 0 Å². The highest BCUT2D eigenvalue weighted by molar-refractivity contribution is 6.02. The molecule has 0 bridgehead atoms. The zero-order valence-corrected chi connectivity index (χ0v) is 15.3. The Morgan fingerprint density at radius 2 is 1.68 bits per heavy atom. The number of carbonyl (C=O) groups is 2. The summed E-state index contributed by atoms with van der Waals surface area (Å²) in [5.74, 6) is 0.122. The second kappa shape index (κ2) is 7.83. The van der Waals surface area contributed by atoms with E-state index in [2.05, 4.69) is 5.32 Å². The maximum atomic E-state index is 12.5. The van der Waals surface area contributed by atoms with Gasteiger partial charge in [-0.25, -0.2) is 0 Å². The summed E-state index contributed by atoms with van der Waals surface area (Å²) in [6, 6.07) is 11.3. The first-order chi connectivity index (χ1) is 11.8. The van der Waals surface area contributed by atoms with Gasteiger partial charge in [0.1, 0.15) is 12.3 Å². The maximum Gasteiger partial charge on any atom is 0.244 e. The lowest BCUT2D eigenvalue weighted by atomic mass is 10.1. The van der Waals surface area contributed by atoms with E-state index < -0.39 is 0 Å². The number of hydrogen-bond acceptors (Lipinski definition) is 3. The third-order valence-electron chi connectivity index (χ3n) is 3.95. The summed E-state index contributed by atoms with van der Waals surface area (Å²) in [7, 11) is 1.55. The topological polar surface area (TPSA) is 58.6 Å². The van der Waals surface area contributed by atoms with Gasteiger partial charge in [0.15, 0.2) is 0 Å². The molecule has 5 heteroatoms. The molecule has 0 fully saturated rings. The minimum absolute atomic E-state index is 0.0592. The van der Waals surface area contributed by atoms with Crippen LogP contribution in [0.4, 0.5) is 11.4 Å². The van der Waals surface area contributed by atoms with E-state index in [0.717, 1.165) is 22.4 Å². The van der Waals surface area contributed by atoms with Gasteiger partial charge < -0.3 is 15.0 Å². The number of nitrogens with one attached hydrogen (secondary N) is 1. The molecule has 0 aliphatic heterocycles. The average Bonchev–Trinajstić information content (AvgIpc) is 2.53. The van der Waals surface area contributed by atoms with Crippen molar-refractivity contribution in [3.05, 3.63) is 53.1 Å². The van der Waals surface area contributed by atoms with Gasteiger partial charge in [-0.15, -0.1) is 0 Å². The van der Waals surface area contributed by atoms with Crippen molar-refractivity contribution in [1.82, 2.24) is 0 Å². The molecule has 0 heterocycles. The van der Waals surface area contributed by atoms with Gasteiger partial charge in [-0.1, -0.05) is 23.8 Å². The molecule has 2 aromatic rings. The van der Waals surface area contributed by atoms with Crippen LogP contribution < -0.4 is 15.0 Å². The van der Waals surface area contributed by atoms with E-state index in [4.69, 9.17) is 4.74 Å². The number of rotatable bonds is 5. The van der Waals surface area contributed by atoms with E-state index in [-0.39, 0.29) is 18.4 Å². The van der Waals surface area contributed by atoms with Gasteiger partial charge in [0.2, 0.25) is 11.8 Å². The van der Waals surface area contributed by atoms with Gasteiger partial charge in [0.05, 0.1) is 12.8 Å². The van der Waals surface area contributed by atoms with Crippen molar-refractivity contribution in [3.63, 3.8) is 0 Å². The molecular weight excluding hydrogens is 316 g/mol. The van der Waals surface area contributed by atoms with Crippen molar-refractivity contribution in [1.29, 1.82) is 0 Å². The molecule has 132 valence electrons. The quantitative estimate of drug-likeness (QED) is 0.904. The Labute approximate surface area is 148 Å². The Morgan fingerprint density at radius 3 is 2.28 bits per heavy atom. The minimum Gasteiger partial charge on any atom is -0.495 e. The molecule has 5 nitrogen and oxygen atoms in total. The molecule has 1 N–H and O–H groups in total. The number of ether oxygens (including phenoxy) is 1. The summed E-state index contributed by atoms with van der Waals surface area (Å²) in [5.41, 5.74) is 4.41. The lowest BCUT2D eigenvalue weighted by molar-refractivity contribution is -0.120. The molecule has 2 aromatic carbocycles. The molecule has 25 heavy (non-hydrogen) atoms. The highest BCUT2D eigenvalue weighted by Crippen LogP contribution is 2.26. The zero-order valence-electron chi connectivity index (χ0n) is 15.3. The largest absolute Gasteiger partial charge is 0.495 e. The number of benzene rings is 2. The van der Waals surface area contributed by atoms with Crippen LogP contribution in [0.1, 0.15) is 23.6 Å². The Hall–Kier alpha value is -2.82. The van der Waals surface area contributed by atoms with E-state index in [1.54, 1.807) is 13.2 Å². The summed E-state index contributed by atoms with van der Waals surface area (Å²) >= 11 is 0. The fourth-order valence-corrected chi connectivity index (χ4v) is 2.73. The average molecular weight is 340 g/mol. The molecule has 0 aliphatic carbocycles. The summed E-state index contributed by atoms with van der Waals surface area (Å²) < 4.78 is 5.28. The molecule has 0 saturated carbocycles. The first-order valence-electron chi connectivity index (χ1n) is 8.11. The first kappa shape index (κ1) is 18.5. The maximum absolute atomic E-state index is 12.5. The monoisotopic (exact) mass is 340 g/mol. The molecule has 2 amide bonds. The number of hydrogen-bond donors (Lipinski definition) is 1. The summed E-state index contributed by atoms with van der Waals surface area (Å²) in [6.45, 7) is 7.26. The number of nitrogens with zero attached hydrogens (tertiary/aromatic N) is 1. The van der Waals surface area contributed by atoms with Crippen LogP contribution in [-0.4, -0.2) is 25.5 Å². The standard InChI is InChI=1S/C20H24N2O3/c1-13-6-8-18(15(3)10-13)22(16(4)23)12-20(24)21-17-11-14(2)7-9-19(17)25-5/h6-11H,12H2,1-5H3,(H,21,24). The molecule has 0 radical (unpaired) electrons. The van der Waals surface area contributed by atoms with E-state index in [1.807, 2.05) is 51.1 Å². The Morgan fingerprint density at radius 1 is 1.04 bits per heavy atom. The fraction of sp³-hybridized carbons (Fsp3) is 0.300. The normalized spacial score (nSPS) is 10.3. The van der Waals surface area contributed by atoms with Gasteiger partial charge in [-0.3, -0.25) is 9.59 Å². The highest BCUT2D eigenvalue weighted by atomic mass is 16.5. The van der Waals surface area contributed by atoms with E-state index in [0.29, 0.717) is 11.4 Å². The zero-order chi connectivity index (χ0) is 18.6. The predicted molar refractivity (Wildman–Crippen MR) is 100 cm³/mol. The molecule has 0 saturated heterocycles. The number of amides is 2. The third kappa shape index (κ3) is 4.59. The van der Waals surface area contributed by atoms with Crippen molar-refractivity contribution >= 4 is 23.2 Å². The van der Waals surface area contributed by atoms with Crippen molar-refractivity contribution in [2.24, 2.45) is 0 Å². The first-order valence-corrected chi connectivity index (χ1v) is 8.11. The lowest BCUT2D eigenvalue weighted by Gasteiger charge is -2.23. The SMILES string of the molecule is COc1ccc(C)cc1NC(=O)CN(C(C)=O)c1ccc(C)cc1C. The van der Waals surface area contributed by atoms with Gasteiger partial charge in [-0.05, 0) is 50.1 Å². The van der Waals surface area contributed by atoms with Crippen LogP contribution >= 0.6 is 0 Å². The van der Waals surface area contributed by atoms with Crippen molar-refractivity contribution in [2.45, 2.75) is 27.7 Å². The molecule has 2 rings (SSSR count). The van der Waals surface area contributed by atoms with Crippen molar-refractivity contribution < 1.29 is 14.3 Å². The van der Waals surface area contributed by atoms with E-state index >= 15 is 0 Å². The van der Waals surface area contributed by atoms with E-state index in [1.165, 1.54) is 11.8 Å². The van der Waals surface area contributed by atoms with Gasteiger partial charge in [0, 0.05) is 12.6 Å². The number of carbonyl (C=O) groups excluding carboxylic acids is 2. The molecule has 0 spiro atoms. The van der Waals surface area contributed by atoms with E-state index in [9.17, 15) is 9.59 Å².